The summed E-state index contributed by atoms with van der Waals surface area (Å²) in [6.45, 7) is 6.01. The highest BCUT2D eigenvalue weighted by atomic mass is 19.1. The van der Waals surface area contributed by atoms with Gasteiger partial charge < -0.3 is 14.6 Å². The number of hydrogen-bond acceptors (Lipinski definition) is 4. The van der Waals surface area contributed by atoms with Crippen LogP contribution in [0, 0.1) is 26.6 Å². The number of Topliss-reactive ketones (excluding diaryl/α,β-unsaturated/α-hetero) is 1. The normalized spacial score (nSPS) is 11.2. The molecule has 3 aromatic rings. The SMILES string of the molecule is CC(=O)N/C(=C/c1ccccc1)C(=O)OCC(=O)c1cc(C)n(-c2ccc(C)c(F)c2)c1C. The van der Waals surface area contributed by atoms with E-state index < -0.39 is 24.3 Å². The second-order valence-electron chi connectivity index (χ2n) is 7.70. The first-order valence-corrected chi connectivity index (χ1v) is 10.4. The Hall–Kier alpha value is -4.00. The van der Waals surface area contributed by atoms with E-state index >= 15 is 0 Å². The van der Waals surface area contributed by atoms with Gasteiger partial charge in [-0.2, -0.15) is 0 Å². The number of hydrogen-bond donors (Lipinski definition) is 1. The maximum absolute atomic E-state index is 14.1. The average Bonchev–Trinajstić information content (AvgIpc) is 3.07. The third-order valence-corrected chi connectivity index (χ3v) is 5.12. The van der Waals surface area contributed by atoms with Crippen LogP contribution in [-0.4, -0.2) is 28.8 Å². The molecule has 0 atom stereocenters. The molecule has 6 nitrogen and oxygen atoms in total. The van der Waals surface area contributed by atoms with Gasteiger partial charge in [-0.1, -0.05) is 36.4 Å². The van der Waals surface area contributed by atoms with Crippen LogP contribution in [-0.2, 0) is 14.3 Å². The second-order valence-corrected chi connectivity index (χ2v) is 7.70. The lowest BCUT2D eigenvalue weighted by Crippen LogP contribution is -2.27. The largest absolute Gasteiger partial charge is 0.453 e. The van der Waals surface area contributed by atoms with Crippen LogP contribution in [0.4, 0.5) is 4.39 Å². The molecule has 1 aromatic heterocycles. The number of aryl methyl sites for hydroxylation is 2. The molecule has 1 heterocycles. The maximum atomic E-state index is 14.1. The summed E-state index contributed by atoms with van der Waals surface area (Å²) in [7, 11) is 0. The Morgan fingerprint density at radius 3 is 2.36 bits per heavy atom. The van der Waals surface area contributed by atoms with Crippen LogP contribution in [0.1, 0.15) is 39.8 Å². The summed E-state index contributed by atoms with van der Waals surface area (Å²) in [4.78, 5) is 36.9. The highest BCUT2D eigenvalue weighted by molar-refractivity contribution is 6.02. The Balaban J connectivity index is 1.78. The number of nitrogens with zero attached hydrogens (tertiary/aromatic N) is 1. The molecule has 0 aliphatic carbocycles. The van der Waals surface area contributed by atoms with Crippen molar-refractivity contribution in [3.63, 3.8) is 0 Å². The van der Waals surface area contributed by atoms with Gasteiger partial charge >= 0.3 is 5.97 Å². The zero-order chi connectivity index (χ0) is 24.1. The van der Waals surface area contributed by atoms with Gasteiger partial charge in [0.2, 0.25) is 11.7 Å². The number of benzene rings is 2. The van der Waals surface area contributed by atoms with Crippen molar-refractivity contribution < 1.29 is 23.5 Å². The highest BCUT2D eigenvalue weighted by Crippen LogP contribution is 2.23. The summed E-state index contributed by atoms with van der Waals surface area (Å²) in [6.07, 6.45) is 1.48. The fraction of sp³-hybridized carbons (Fsp3) is 0.192. The van der Waals surface area contributed by atoms with Gasteiger partial charge in [0.15, 0.2) is 6.61 Å². The number of nitrogens with one attached hydrogen (secondary N) is 1. The number of ether oxygens (including phenoxy) is 1. The molecule has 0 aliphatic rings. The summed E-state index contributed by atoms with van der Waals surface area (Å²) in [5.74, 6) is -2.00. The van der Waals surface area contributed by atoms with Gasteiger partial charge in [-0.05, 0) is 56.2 Å². The standard InChI is InChI=1S/C26H25FN2O4/c1-16-10-11-21(14-23(16)27)29-17(2)12-22(18(29)3)25(31)15-33-26(32)24(28-19(4)30)13-20-8-6-5-7-9-20/h5-14H,15H2,1-4H3,(H,28,30)/b24-13+. The Morgan fingerprint density at radius 1 is 1.03 bits per heavy atom. The molecule has 0 radical (unpaired) electrons. The van der Waals surface area contributed by atoms with Crippen molar-refractivity contribution in [3.05, 3.63) is 94.2 Å². The van der Waals surface area contributed by atoms with E-state index in [1.807, 2.05) is 13.0 Å². The Bertz CT molecular complexity index is 1240. The number of esters is 1. The topological polar surface area (TPSA) is 77.4 Å². The van der Waals surface area contributed by atoms with Gasteiger partial charge in [-0.25, -0.2) is 9.18 Å². The minimum atomic E-state index is -0.822. The van der Waals surface area contributed by atoms with Crippen molar-refractivity contribution in [2.75, 3.05) is 6.61 Å². The van der Waals surface area contributed by atoms with Crippen molar-refractivity contribution in [2.45, 2.75) is 27.7 Å². The number of ketones is 1. The number of rotatable bonds is 7. The minimum Gasteiger partial charge on any atom is -0.453 e. The Morgan fingerprint density at radius 2 is 1.73 bits per heavy atom. The highest BCUT2D eigenvalue weighted by Gasteiger charge is 2.20. The lowest BCUT2D eigenvalue weighted by molar-refractivity contribution is -0.139. The zero-order valence-corrected chi connectivity index (χ0v) is 18.9. The van der Waals surface area contributed by atoms with Gasteiger partial charge in [0.1, 0.15) is 11.5 Å². The molecule has 33 heavy (non-hydrogen) atoms. The predicted octanol–water partition coefficient (Wildman–Crippen LogP) is 4.44. The van der Waals surface area contributed by atoms with Gasteiger partial charge in [-0.3, -0.25) is 9.59 Å². The molecule has 1 amide bonds. The molecule has 2 aromatic carbocycles. The van der Waals surface area contributed by atoms with E-state index in [1.54, 1.807) is 60.9 Å². The fourth-order valence-corrected chi connectivity index (χ4v) is 3.50. The van der Waals surface area contributed by atoms with Crippen LogP contribution in [0.2, 0.25) is 0 Å². The van der Waals surface area contributed by atoms with Gasteiger partial charge in [0.05, 0.1) is 0 Å². The molecule has 0 aliphatic heterocycles. The zero-order valence-electron chi connectivity index (χ0n) is 18.9. The van der Waals surface area contributed by atoms with Crippen molar-refractivity contribution in [2.24, 2.45) is 0 Å². The van der Waals surface area contributed by atoms with Gasteiger partial charge in [0.25, 0.3) is 0 Å². The van der Waals surface area contributed by atoms with Crippen molar-refractivity contribution in [1.29, 1.82) is 0 Å². The van der Waals surface area contributed by atoms with E-state index in [4.69, 9.17) is 4.74 Å². The first kappa shape index (κ1) is 23.7. The molecule has 7 heteroatoms. The number of carbonyl (C=O) groups is 3. The lowest BCUT2D eigenvalue weighted by atomic mass is 10.1. The molecule has 0 saturated heterocycles. The minimum absolute atomic E-state index is 0.0675. The monoisotopic (exact) mass is 448 g/mol. The quantitative estimate of drug-likeness (QED) is 0.329. The smallest absolute Gasteiger partial charge is 0.355 e. The molecule has 3 rings (SSSR count). The van der Waals surface area contributed by atoms with Crippen LogP contribution in [0.5, 0.6) is 0 Å². The first-order chi connectivity index (χ1) is 15.7. The van der Waals surface area contributed by atoms with Gasteiger partial charge in [0, 0.05) is 29.6 Å². The maximum Gasteiger partial charge on any atom is 0.355 e. The Kier molecular flexibility index (Phi) is 7.23. The van der Waals surface area contributed by atoms with Crippen molar-refractivity contribution in [3.8, 4) is 5.69 Å². The van der Waals surface area contributed by atoms with E-state index in [2.05, 4.69) is 5.32 Å². The van der Waals surface area contributed by atoms with Crippen LogP contribution in [0.3, 0.4) is 0 Å². The Labute approximate surface area is 191 Å². The summed E-state index contributed by atoms with van der Waals surface area (Å²) >= 11 is 0. The molecular weight excluding hydrogens is 423 g/mol. The average molecular weight is 448 g/mol. The number of carbonyl (C=O) groups excluding carboxylic acids is 3. The third kappa shape index (κ3) is 5.63. The summed E-state index contributed by atoms with van der Waals surface area (Å²) in [5, 5.41) is 2.44. The summed E-state index contributed by atoms with van der Waals surface area (Å²) in [6, 6.07) is 15.5. The molecule has 1 N–H and O–H groups in total. The molecule has 0 unspecified atom stereocenters. The third-order valence-electron chi connectivity index (χ3n) is 5.12. The summed E-state index contributed by atoms with van der Waals surface area (Å²) < 4.78 is 21.0. The fourth-order valence-electron chi connectivity index (χ4n) is 3.50. The van der Waals surface area contributed by atoms with E-state index in [-0.39, 0.29) is 11.5 Å². The molecule has 0 fully saturated rings. The van der Waals surface area contributed by atoms with E-state index in [0.29, 0.717) is 28.1 Å². The molecule has 0 saturated carbocycles. The van der Waals surface area contributed by atoms with E-state index in [9.17, 15) is 18.8 Å². The van der Waals surface area contributed by atoms with Gasteiger partial charge in [-0.15, -0.1) is 0 Å². The van der Waals surface area contributed by atoms with E-state index in [1.165, 1.54) is 19.1 Å². The van der Waals surface area contributed by atoms with Crippen molar-refractivity contribution >= 4 is 23.7 Å². The first-order valence-electron chi connectivity index (χ1n) is 10.4. The lowest BCUT2D eigenvalue weighted by Gasteiger charge is -2.11. The number of amides is 1. The predicted molar refractivity (Wildman–Crippen MR) is 123 cm³/mol. The van der Waals surface area contributed by atoms with Crippen LogP contribution in [0.15, 0.2) is 60.3 Å². The summed E-state index contributed by atoms with van der Waals surface area (Å²) in [5.41, 5.74) is 3.48. The molecule has 0 spiro atoms. The molecular formula is C26H25FN2O4. The van der Waals surface area contributed by atoms with E-state index in [0.717, 1.165) is 5.69 Å². The second kappa shape index (κ2) is 10.1. The van der Waals surface area contributed by atoms with Crippen LogP contribution < -0.4 is 5.32 Å². The number of aromatic nitrogens is 1. The molecule has 0 bridgehead atoms. The van der Waals surface area contributed by atoms with Crippen LogP contribution in [0.25, 0.3) is 11.8 Å². The van der Waals surface area contributed by atoms with Crippen molar-refractivity contribution in [1.82, 2.24) is 9.88 Å². The molecule has 170 valence electrons. The van der Waals surface area contributed by atoms with Crippen LogP contribution >= 0.6 is 0 Å². The number of halogens is 1.